The number of nitrogens with zero attached hydrogens (tertiary/aromatic N) is 4. The van der Waals surface area contributed by atoms with Gasteiger partial charge in [-0.1, -0.05) is 38.1 Å². The zero-order valence-corrected chi connectivity index (χ0v) is 22.5. The number of hydrogen-bond acceptors (Lipinski definition) is 4. The molecule has 0 atom stereocenters. The van der Waals surface area contributed by atoms with E-state index in [0.29, 0.717) is 19.0 Å². The van der Waals surface area contributed by atoms with Gasteiger partial charge in [-0.05, 0) is 79.1 Å². The third-order valence-corrected chi connectivity index (χ3v) is 7.62. The van der Waals surface area contributed by atoms with Gasteiger partial charge in [0.2, 0.25) is 0 Å². The molecule has 1 amide bonds. The Labute approximate surface area is 211 Å². The molecule has 2 aliphatic rings. The molecule has 4 rings (SSSR count). The van der Waals surface area contributed by atoms with Gasteiger partial charge in [-0.3, -0.25) is 14.7 Å². The lowest BCUT2D eigenvalue weighted by atomic mass is 9.93. The third kappa shape index (κ3) is 6.02. The summed E-state index contributed by atoms with van der Waals surface area (Å²) in [5.74, 6) is 0.753. The summed E-state index contributed by atoms with van der Waals surface area (Å²) in [6.07, 6.45) is 2.04. The SMILES string of the molecule is CN=C(CCC(C)C)c1cc(C(=O)N2Cc3ccc(CN4CCN(C)CC4)cc3C2)c(C)cc1C. The quantitative estimate of drug-likeness (QED) is 0.527. The second-order valence-electron chi connectivity index (χ2n) is 10.9. The van der Waals surface area contributed by atoms with Crippen molar-refractivity contribution in [2.45, 2.75) is 60.2 Å². The molecule has 0 radical (unpaired) electrons. The van der Waals surface area contributed by atoms with Crippen molar-refractivity contribution in [1.82, 2.24) is 14.7 Å². The molecule has 0 spiro atoms. The number of hydrogen-bond donors (Lipinski definition) is 0. The molecule has 35 heavy (non-hydrogen) atoms. The van der Waals surface area contributed by atoms with Gasteiger partial charge in [0.15, 0.2) is 0 Å². The Bertz CT molecular complexity index is 1100. The maximum absolute atomic E-state index is 13.7. The fraction of sp³-hybridized carbons (Fsp3) is 0.533. The molecular weight excluding hydrogens is 432 g/mol. The lowest BCUT2D eigenvalue weighted by molar-refractivity contribution is 0.0750. The highest BCUT2D eigenvalue weighted by atomic mass is 16.2. The van der Waals surface area contributed by atoms with Crippen molar-refractivity contribution in [2.75, 3.05) is 40.3 Å². The van der Waals surface area contributed by atoms with E-state index >= 15 is 0 Å². The summed E-state index contributed by atoms with van der Waals surface area (Å²) in [5.41, 5.74) is 9.19. The number of fused-ring (bicyclic) bond motifs is 1. The molecule has 1 fully saturated rings. The van der Waals surface area contributed by atoms with Gasteiger partial charge in [0.1, 0.15) is 0 Å². The van der Waals surface area contributed by atoms with Crippen molar-refractivity contribution in [3.05, 3.63) is 69.3 Å². The molecule has 0 saturated carbocycles. The molecule has 5 nitrogen and oxygen atoms in total. The number of likely N-dealkylation sites (N-methyl/N-ethyl adjacent to an activating group) is 1. The van der Waals surface area contributed by atoms with Crippen molar-refractivity contribution in [3.8, 4) is 0 Å². The molecule has 2 aromatic carbocycles. The van der Waals surface area contributed by atoms with Crippen LogP contribution in [0, 0.1) is 19.8 Å². The van der Waals surface area contributed by atoms with E-state index in [9.17, 15) is 4.79 Å². The zero-order chi connectivity index (χ0) is 25.1. The van der Waals surface area contributed by atoms with Crippen LogP contribution in [-0.4, -0.2) is 66.6 Å². The van der Waals surface area contributed by atoms with Crippen molar-refractivity contribution in [3.63, 3.8) is 0 Å². The number of benzene rings is 2. The van der Waals surface area contributed by atoms with Gasteiger partial charge in [0, 0.05) is 64.1 Å². The van der Waals surface area contributed by atoms with Crippen LogP contribution in [0.5, 0.6) is 0 Å². The second kappa shape index (κ2) is 11.0. The standard InChI is InChI=1S/C30H42N4O/c1-21(2)7-10-29(31-5)27-17-28(23(4)15-22(27)3)30(35)34-19-25-9-8-24(16-26(25)20-34)18-33-13-11-32(6)12-14-33/h8-9,15-17,21H,7,10-14,18-20H2,1-6H3. The van der Waals surface area contributed by atoms with Crippen LogP contribution in [0.1, 0.15) is 70.4 Å². The topological polar surface area (TPSA) is 39.2 Å². The minimum atomic E-state index is 0.125. The monoisotopic (exact) mass is 474 g/mol. The smallest absolute Gasteiger partial charge is 0.254 e. The number of carbonyl (C=O) groups is 1. The predicted octanol–water partition coefficient (Wildman–Crippen LogP) is 5.06. The lowest BCUT2D eigenvalue weighted by Crippen LogP contribution is -2.43. The molecule has 0 unspecified atom stereocenters. The largest absolute Gasteiger partial charge is 0.330 e. The van der Waals surface area contributed by atoms with E-state index in [1.165, 1.54) is 22.3 Å². The van der Waals surface area contributed by atoms with Crippen LogP contribution in [0.3, 0.4) is 0 Å². The summed E-state index contributed by atoms with van der Waals surface area (Å²) >= 11 is 0. The van der Waals surface area contributed by atoms with E-state index in [4.69, 9.17) is 0 Å². The van der Waals surface area contributed by atoms with Crippen LogP contribution in [0.15, 0.2) is 35.3 Å². The first-order valence-corrected chi connectivity index (χ1v) is 13.1. The Kier molecular flexibility index (Phi) is 8.08. The predicted molar refractivity (Wildman–Crippen MR) is 145 cm³/mol. The van der Waals surface area contributed by atoms with Crippen molar-refractivity contribution < 1.29 is 4.79 Å². The minimum absolute atomic E-state index is 0.125. The van der Waals surface area contributed by atoms with Crippen LogP contribution < -0.4 is 0 Å². The van der Waals surface area contributed by atoms with E-state index in [2.05, 4.69) is 79.9 Å². The van der Waals surface area contributed by atoms with Crippen LogP contribution in [0.2, 0.25) is 0 Å². The summed E-state index contributed by atoms with van der Waals surface area (Å²) in [4.78, 5) is 25.2. The summed E-state index contributed by atoms with van der Waals surface area (Å²) in [6.45, 7) is 15.5. The summed E-state index contributed by atoms with van der Waals surface area (Å²) < 4.78 is 0. The third-order valence-electron chi connectivity index (χ3n) is 7.62. The second-order valence-corrected chi connectivity index (χ2v) is 10.9. The Morgan fingerprint density at radius 3 is 2.31 bits per heavy atom. The van der Waals surface area contributed by atoms with Gasteiger partial charge >= 0.3 is 0 Å². The molecule has 2 aliphatic heterocycles. The molecule has 2 heterocycles. The van der Waals surface area contributed by atoms with Crippen LogP contribution in [0.25, 0.3) is 0 Å². The highest BCUT2D eigenvalue weighted by molar-refractivity contribution is 6.05. The van der Waals surface area contributed by atoms with Gasteiger partial charge in [-0.25, -0.2) is 0 Å². The van der Waals surface area contributed by atoms with Crippen molar-refractivity contribution in [2.24, 2.45) is 10.9 Å². The highest BCUT2D eigenvalue weighted by Crippen LogP contribution is 2.28. The molecule has 1 saturated heterocycles. The zero-order valence-electron chi connectivity index (χ0n) is 22.5. The molecular formula is C30H42N4O. The van der Waals surface area contributed by atoms with E-state index in [1.54, 1.807) is 0 Å². The maximum Gasteiger partial charge on any atom is 0.254 e. The number of amides is 1. The highest BCUT2D eigenvalue weighted by Gasteiger charge is 2.27. The molecule has 188 valence electrons. The van der Waals surface area contributed by atoms with E-state index < -0.39 is 0 Å². The Morgan fingerprint density at radius 1 is 0.943 bits per heavy atom. The minimum Gasteiger partial charge on any atom is -0.330 e. The van der Waals surface area contributed by atoms with Gasteiger partial charge < -0.3 is 9.80 Å². The van der Waals surface area contributed by atoms with Gasteiger partial charge in [-0.2, -0.15) is 0 Å². The molecule has 0 aromatic heterocycles. The average molecular weight is 475 g/mol. The number of carbonyl (C=O) groups excluding carboxylic acids is 1. The average Bonchev–Trinajstić information content (AvgIpc) is 3.25. The summed E-state index contributed by atoms with van der Waals surface area (Å²) in [5, 5.41) is 0. The number of aliphatic imine (C=N–C) groups is 1. The molecule has 5 heteroatoms. The normalized spacial score (nSPS) is 17.3. The Hall–Kier alpha value is -2.50. The van der Waals surface area contributed by atoms with E-state index in [-0.39, 0.29) is 5.91 Å². The van der Waals surface area contributed by atoms with Crippen LogP contribution in [0.4, 0.5) is 0 Å². The molecule has 0 aliphatic carbocycles. The first-order chi connectivity index (χ1) is 16.7. The van der Waals surface area contributed by atoms with E-state index in [0.717, 1.165) is 68.0 Å². The van der Waals surface area contributed by atoms with Crippen molar-refractivity contribution >= 4 is 11.6 Å². The number of aryl methyl sites for hydroxylation is 2. The van der Waals surface area contributed by atoms with Gasteiger partial charge in [-0.15, -0.1) is 0 Å². The Morgan fingerprint density at radius 2 is 1.63 bits per heavy atom. The number of piperazine rings is 1. The Balaban J connectivity index is 1.49. The summed E-state index contributed by atoms with van der Waals surface area (Å²) in [6, 6.07) is 11.0. The van der Waals surface area contributed by atoms with Gasteiger partial charge in [0.25, 0.3) is 5.91 Å². The van der Waals surface area contributed by atoms with Crippen LogP contribution >= 0.6 is 0 Å². The molecule has 0 N–H and O–H groups in total. The van der Waals surface area contributed by atoms with Crippen LogP contribution in [-0.2, 0) is 19.6 Å². The fourth-order valence-electron chi connectivity index (χ4n) is 5.31. The first-order valence-electron chi connectivity index (χ1n) is 13.1. The first kappa shape index (κ1) is 25.6. The van der Waals surface area contributed by atoms with Crippen molar-refractivity contribution in [1.29, 1.82) is 0 Å². The fourth-order valence-corrected chi connectivity index (χ4v) is 5.31. The number of rotatable bonds is 7. The molecule has 2 aromatic rings. The lowest BCUT2D eigenvalue weighted by Gasteiger charge is -2.32. The molecule has 0 bridgehead atoms. The maximum atomic E-state index is 13.7. The summed E-state index contributed by atoms with van der Waals surface area (Å²) in [7, 11) is 4.06. The van der Waals surface area contributed by atoms with E-state index in [1.807, 2.05) is 11.9 Å². The van der Waals surface area contributed by atoms with Gasteiger partial charge in [0.05, 0.1) is 0 Å².